The number of hydrogen-bond donors (Lipinski definition) is 3. The zero-order valence-electron chi connectivity index (χ0n) is 13.7. The van der Waals surface area contributed by atoms with E-state index in [1.807, 2.05) is 24.3 Å². The van der Waals surface area contributed by atoms with Gasteiger partial charge in [0.25, 0.3) is 5.91 Å². The summed E-state index contributed by atoms with van der Waals surface area (Å²) in [6, 6.07) is 14.7. The van der Waals surface area contributed by atoms with E-state index in [2.05, 4.69) is 20.6 Å². The van der Waals surface area contributed by atoms with Crippen molar-refractivity contribution in [1.29, 1.82) is 0 Å². The second kappa shape index (κ2) is 7.44. The molecule has 0 unspecified atom stereocenters. The summed E-state index contributed by atoms with van der Waals surface area (Å²) in [4.78, 5) is 31.0. The van der Waals surface area contributed by atoms with Gasteiger partial charge in [0.1, 0.15) is 5.82 Å². The van der Waals surface area contributed by atoms with E-state index in [9.17, 15) is 9.59 Å². The number of aromatic amines is 1. The first kappa shape index (κ1) is 16.4. The maximum Gasteiger partial charge on any atom is 0.251 e. The Kier molecular flexibility index (Phi) is 4.89. The van der Waals surface area contributed by atoms with Gasteiger partial charge < -0.3 is 15.6 Å². The fraction of sp³-hybridized carbons (Fsp3) is 0.105. The van der Waals surface area contributed by atoms with Gasteiger partial charge in [0.15, 0.2) is 0 Å². The van der Waals surface area contributed by atoms with Crippen molar-refractivity contribution in [1.82, 2.24) is 20.6 Å². The SMILES string of the molecule is CNC(=O)c1ccc(/C=C/C(=O)NCc2nc3ccccc3[nH]2)cc1. The molecule has 0 spiro atoms. The van der Waals surface area contributed by atoms with Crippen LogP contribution in [0.5, 0.6) is 0 Å². The quantitative estimate of drug-likeness (QED) is 0.626. The smallest absolute Gasteiger partial charge is 0.251 e. The number of nitrogens with zero attached hydrogens (tertiary/aromatic N) is 1. The van der Waals surface area contributed by atoms with Crippen LogP contribution in [0.4, 0.5) is 0 Å². The zero-order chi connectivity index (χ0) is 17.6. The van der Waals surface area contributed by atoms with Crippen molar-refractivity contribution in [2.24, 2.45) is 0 Å². The van der Waals surface area contributed by atoms with E-state index < -0.39 is 0 Å². The van der Waals surface area contributed by atoms with Gasteiger partial charge in [-0.05, 0) is 35.9 Å². The number of benzene rings is 2. The number of fused-ring (bicyclic) bond motifs is 1. The Morgan fingerprint density at radius 1 is 1.12 bits per heavy atom. The summed E-state index contributed by atoms with van der Waals surface area (Å²) in [5.41, 5.74) is 3.23. The first-order valence-corrected chi connectivity index (χ1v) is 7.87. The molecular weight excluding hydrogens is 316 g/mol. The van der Waals surface area contributed by atoms with Crippen LogP contribution in [-0.4, -0.2) is 28.8 Å². The summed E-state index contributed by atoms with van der Waals surface area (Å²) in [5, 5.41) is 5.35. The molecule has 0 saturated carbocycles. The highest BCUT2D eigenvalue weighted by atomic mass is 16.2. The Morgan fingerprint density at radius 2 is 1.88 bits per heavy atom. The average molecular weight is 334 g/mol. The highest BCUT2D eigenvalue weighted by Crippen LogP contribution is 2.10. The number of para-hydroxylation sites is 2. The maximum absolute atomic E-state index is 11.9. The molecular formula is C19H18N4O2. The normalized spacial score (nSPS) is 10.9. The second-order valence-corrected chi connectivity index (χ2v) is 5.45. The van der Waals surface area contributed by atoms with Crippen LogP contribution in [0, 0.1) is 0 Å². The van der Waals surface area contributed by atoms with Gasteiger partial charge in [-0.15, -0.1) is 0 Å². The van der Waals surface area contributed by atoms with Crippen molar-refractivity contribution in [2.45, 2.75) is 6.54 Å². The van der Waals surface area contributed by atoms with Gasteiger partial charge in [0.05, 0.1) is 17.6 Å². The Balaban J connectivity index is 1.56. The van der Waals surface area contributed by atoms with Crippen molar-refractivity contribution in [3.05, 3.63) is 71.6 Å². The zero-order valence-corrected chi connectivity index (χ0v) is 13.7. The molecule has 0 atom stereocenters. The third-order valence-electron chi connectivity index (χ3n) is 3.70. The molecule has 0 saturated heterocycles. The van der Waals surface area contributed by atoms with Crippen LogP contribution in [0.15, 0.2) is 54.6 Å². The average Bonchev–Trinajstić information content (AvgIpc) is 3.07. The molecule has 25 heavy (non-hydrogen) atoms. The lowest BCUT2D eigenvalue weighted by atomic mass is 10.1. The summed E-state index contributed by atoms with van der Waals surface area (Å²) >= 11 is 0. The van der Waals surface area contributed by atoms with Gasteiger partial charge in [0, 0.05) is 18.7 Å². The lowest BCUT2D eigenvalue weighted by Crippen LogP contribution is -2.20. The van der Waals surface area contributed by atoms with E-state index in [-0.39, 0.29) is 11.8 Å². The van der Waals surface area contributed by atoms with Crippen molar-refractivity contribution in [2.75, 3.05) is 7.05 Å². The Labute approximate surface area is 145 Å². The number of carbonyl (C=O) groups is 2. The van der Waals surface area contributed by atoms with Crippen LogP contribution in [0.25, 0.3) is 17.1 Å². The Morgan fingerprint density at radius 3 is 2.60 bits per heavy atom. The number of rotatable bonds is 5. The summed E-state index contributed by atoms with van der Waals surface area (Å²) in [7, 11) is 1.59. The predicted molar refractivity (Wildman–Crippen MR) is 96.8 cm³/mol. The molecule has 0 fully saturated rings. The first-order chi connectivity index (χ1) is 12.2. The number of hydrogen-bond acceptors (Lipinski definition) is 3. The minimum atomic E-state index is -0.212. The first-order valence-electron chi connectivity index (χ1n) is 7.87. The lowest BCUT2D eigenvalue weighted by Gasteiger charge is -2.00. The molecule has 126 valence electrons. The van der Waals surface area contributed by atoms with Crippen molar-refractivity contribution in [3.8, 4) is 0 Å². The molecule has 0 aliphatic rings. The molecule has 6 nitrogen and oxygen atoms in total. The molecule has 0 aliphatic heterocycles. The number of nitrogens with one attached hydrogen (secondary N) is 3. The highest BCUT2D eigenvalue weighted by Gasteiger charge is 2.04. The summed E-state index contributed by atoms with van der Waals surface area (Å²) in [5.74, 6) is 0.354. The molecule has 1 aromatic heterocycles. The van der Waals surface area contributed by atoms with E-state index in [1.165, 1.54) is 6.08 Å². The third-order valence-corrected chi connectivity index (χ3v) is 3.70. The summed E-state index contributed by atoms with van der Waals surface area (Å²) in [6.07, 6.45) is 3.15. The molecule has 3 N–H and O–H groups in total. The number of H-pyrrole nitrogens is 1. The van der Waals surface area contributed by atoms with E-state index in [4.69, 9.17) is 0 Å². The van der Waals surface area contributed by atoms with Crippen LogP contribution in [-0.2, 0) is 11.3 Å². The molecule has 1 heterocycles. The van der Waals surface area contributed by atoms with Crippen molar-refractivity contribution < 1.29 is 9.59 Å². The fourth-order valence-electron chi connectivity index (χ4n) is 2.38. The molecule has 0 aliphatic carbocycles. The molecule has 0 bridgehead atoms. The lowest BCUT2D eigenvalue weighted by molar-refractivity contribution is -0.116. The molecule has 6 heteroatoms. The van der Waals surface area contributed by atoms with E-state index in [1.54, 1.807) is 37.4 Å². The van der Waals surface area contributed by atoms with Gasteiger partial charge in [-0.2, -0.15) is 0 Å². The molecule has 2 aromatic carbocycles. The second-order valence-electron chi connectivity index (χ2n) is 5.45. The number of aromatic nitrogens is 2. The minimum Gasteiger partial charge on any atom is -0.355 e. The van der Waals surface area contributed by atoms with Crippen LogP contribution >= 0.6 is 0 Å². The van der Waals surface area contributed by atoms with E-state index in [0.717, 1.165) is 16.6 Å². The number of carbonyl (C=O) groups excluding carboxylic acids is 2. The van der Waals surface area contributed by atoms with Crippen LogP contribution in [0.3, 0.4) is 0 Å². The monoisotopic (exact) mass is 334 g/mol. The van der Waals surface area contributed by atoms with Gasteiger partial charge in [-0.25, -0.2) is 4.98 Å². The molecule has 3 aromatic rings. The topological polar surface area (TPSA) is 86.9 Å². The van der Waals surface area contributed by atoms with Crippen molar-refractivity contribution in [3.63, 3.8) is 0 Å². The number of amides is 2. The maximum atomic E-state index is 11.9. The summed E-state index contributed by atoms with van der Waals surface area (Å²) in [6.45, 7) is 0.327. The summed E-state index contributed by atoms with van der Waals surface area (Å²) < 4.78 is 0. The van der Waals surface area contributed by atoms with Crippen molar-refractivity contribution >= 4 is 28.9 Å². The van der Waals surface area contributed by atoms with Crippen LogP contribution in [0.2, 0.25) is 0 Å². The van der Waals surface area contributed by atoms with Crippen LogP contribution in [0.1, 0.15) is 21.7 Å². The van der Waals surface area contributed by atoms with Gasteiger partial charge in [-0.3, -0.25) is 9.59 Å². The number of imidazole rings is 1. The molecule has 2 amide bonds. The predicted octanol–water partition coefficient (Wildman–Crippen LogP) is 2.25. The third kappa shape index (κ3) is 4.11. The fourth-order valence-corrected chi connectivity index (χ4v) is 2.38. The highest BCUT2D eigenvalue weighted by molar-refractivity contribution is 5.94. The van der Waals surface area contributed by atoms with Gasteiger partial charge in [0.2, 0.25) is 5.91 Å². The largest absolute Gasteiger partial charge is 0.355 e. The van der Waals surface area contributed by atoms with Gasteiger partial charge in [-0.1, -0.05) is 24.3 Å². The Bertz CT molecular complexity index is 893. The molecule has 3 rings (SSSR count). The molecule has 0 radical (unpaired) electrons. The van der Waals surface area contributed by atoms with E-state index in [0.29, 0.717) is 17.9 Å². The van der Waals surface area contributed by atoms with Crippen LogP contribution < -0.4 is 10.6 Å². The Hall–Kier alpha value is -3.41. The van der Waals surface area contributed by atoms with E-state index >= 15 is 0 Å². The standard InChI is InChI=1S/C19H18N4O2/c1-20-19(25)14-9-6-13(7-10-14)8-11-18(24)21-12-17-22-15-4-2-3-5-16(15)23-17/h2-11H,12H2,1H3,(H,20,25)(H,21,24)(H,22,23)/b11-8+. The van der Waals surface area contributed by atoms with Gasteiger partial charge >= 0.3 is 0 Å². The minimum absolute atomic E-state index is 0.140.